The molecule has 0 atom stereocenters. The van der Waals surface area contributed by atoms with Crippen LogP contribution in [-0.4, -0.2) is 17.9 Å². The Hall–Kier alpha value is -2.60. The zero-order valence-corrected chi connectivity index (χ0v) is 13.6. The molecule has 0 spiro atoms. The summed E-state index contributed by atoms with van der Waals surface area (Å²) in [5, 5.41) is 14.0. The standard InChI is InChI=1S/C16H15ClN2O4/c1-9-4-6-13(19(21)22)15(10(9)2)18-16(20)11-5-7-14(23-3)12(17)8-11/h4-8H,1-3H3,(H,18,20). The fraction of sp³-hybridized carbons (Fsp3) is 0.188. The molecule has 0 aliphatic heterocycles. The molecule has 6 nitrogen and oxygen atoms in total. The number of methoxy groups -OCH3 is 1. The predicted octanol–water partition coefficient (Wildman–Crippen LogP) is 4.13. The number of carbonyl (C=O) groups excluding carboxylic acids is 1. The van der Waals surface area contributed by atoms with Crippen LogP contribution in [0.2, 0.25) is 5.02 Å². The first-order valence-electron chi connectivity index (χ1n) is 6.74. The second-order valence-electron chi connectivity index (χ2n) is 4.96. The number of amides is 1. The van der Waals surface area contributed by atoms with E-state index in [2.05, 4.69) is 5.32 Å². The van der Waals surface area contributed by atoms with E-state index in [9.17, 15) is 14.9 Å². The highest BCUT2D eigenvalue weighted by Gasteiger charge is 2.20. The summed E-state index contributed by atoms with van der Waals surface area (Å²) in [6, 6.07) is 7.57. The van der Waals surface area contributed by atoms with Gasteiger partial charge in [0.2, 0.25) is 0 Å². The summed E-state index contributed by atoms with van der Waals surface area (Å²) in [6.45, 7) is 3.54. The van der Waals surface area contributed by atoms with Crippen molar-refractivity contribution in [3.8, 4) is 5.75 Å². The minimum absolute atomic E-state index is 0.152. The van der Waals surface area contributed by atoms with Crippen molar-refractivity contribution in [1.82, 2.24) is 0 Å². The van der Waals surface area contributed by atoms with Crippen LogP contribution in [0.25, 0.3) is 0 Å². The summed E-state index contributed by atoms with van der Waals surface area (Å²) in [7, 11) is 1.47. The molecule has 2 aromatic rings. The minimum Gasteiger partial charge on any atom is -0.495 e. The van der Waals surface area contributed by atoms with Crippen molar-refractivity contribution in [3.63, 3.8) is 0 Å². The average molecular weight is 335 g/mol. The Morgan fingerprint density at radius 3 is 2.52 bits per heavy atom. The first kappa shape index (κ1) is 16.8. The summed E-state index contributed by atoms with van der Waals surface area (Å²) in [5.74, 6) is -0.0349. The van der Waals surface area contributed by atoms with E-state index >= 15 is 0 Å². The highest BCUT2D eigenvalue weighted by atomic mass is 35.5. The Morgan fingerprint density at radius 1 is 1.26 bits per heavy atom. The van der Waals surface area contributed by atoms with Crippen LogP contribution in [0.4, 0.5) is 11.4 Å². The van der Waals surface area contributed by atoms with Crippen molar-refractivity contribution in [2.75, 3.05) is 12.4 Å². The maximum Gasteiger partial charge on any atom is 0.293 e. The Bertz CT molecular complexity index is 790. The van der Waals surface area contributed by atoms with Gasteiger partial charge in [-0.1, -0.05) is 17.7 Å². The monoisotopic (exact) mass is 334 g/mol. The highest BCUT2D eigenvalue weighted by molar-refractivity contribution is 6.32. The van der Waals surface area contributed by atoms with Gasteiger partial charge in [-0.3, -0.25) is 14.9 Å². The van der Waals surface area contributed by atoms with E-state index in [4.69, 9.17) is 16.3 Å². The predicted molar refractivity (Wildman–Crippen MR) is 88.5 cm³/mol. The molecule has 0 unspecified atom stereocenters. The SMILES string of the molecule is COc1ccc(C(=O)Nc2c([N+](=O)[O-])ccc(C)c2C)cc1Cl. The molecule has 120 valence electrons. The van der Waals surface area contributed by atoms with Gasteiger partial charge in [0.15, 0.2) is 0 Å². The molecule has 0 aliphatic rings. The van der Waals surface area contributed by atoms with Gasteiger partial charge in [-0.05, 0) is 43.2 Å². The smallest absolute Gasteiger partial charge is 0.293 e. The van der Waals surface area contributed by atoms with Crippen molar-refractivity contribution in [2.45, 2.75) is 13.8 Å². The normalized spacial score (nSPS) is 10.3. The number of aryl methyl sites for hydroxylation is 1. The van der Waals surface area contributed by atoms with Crippen molar-refractivity contribution < 1.29 is 14.5 Å². The van der Waals surface area contributed by atoms with E-state index in [0.717, 1.165) is 5.56 Å². The van der Waals surface area contributed by atoms with Gasteiger partial charge in [0.05, 0.1) is 17.1 Å². The summed E-state index contributed by atoms with van der Waals surface area (Å²) < 4.78 is 5.03. The highest BCUT2D eigenvalue weighted by Crippen LogP contribution is 2.31. The van der Waals surface area contributed by atoms with Crippen LogP contribution in [0.5, 0.6) is 5.75 Å². The van der Waals surface area contributed by atoms with Crippen molar-refractivity contribution in [1.29, 1.82) is 0 Å². The fourth-order valence-corrected chi connectivity index (χ4v) is 2.36. The average Bonchev–Trinajstić information content (AvgIpc) is 2.51. The summed E-state index contributed by atoms with van der Waals surface area (Å²) in [6.07, 6.45) is 0. The molecule has 0 radical (unpaired) electrons. The quantitative estimate of drug-likeness (QED) is 0.673. The number of nitrogens with zero attached hydrogens (tertiary/aromatic N) is 1. The van der Waals surface area contributed by atoms with Gasteiger partial charge in [0.1, 0.15) is 11.4 Å². The second-order valence-corrected chi connectivity index (χ2v) is 5.37. The lowest BCUT2D eigenvalue weighted by molar-refractivity contribution is -0.384. The van der Waals surface area contributed by atoms with Crippen molar-refractivity contribution in [2.24, 2.45) is 0 Å². The summed E-state index contributed by atoms with van der Waals surface area (Å²) >= 11 is 6.00. The van der Waals surface area contributed by atoms with Gasteiger partial charge in [-0.15, -0.1) is 0 Å². The number of carbonyl (C=O) groups is 1. The molecule has 0 aromatic heterocycles. The molecule has 0 saturated carbocycles. The number of rotatable bonds is 4. The van der Waals surface area contributed by atoms with E-state index in [-0.39, 0.29) is 22.0 Å². The number of ether oxygens (including phenoxy) is 1. The fourth-order valence-electron chi connectivity index (χ4n) is 2.10. The van der Waals surface area contributed by atoms with Crippen LogP contribution in [-0.2, 0) is 0 Å². The first-order valence-corrected chi connectivity index (χ1v) is 7.12. The lowest BCUT2D eigenvalue weighted by Crippen LogP contribution is -2.14. The third kappa shape index (κ3) is 3.43. The molecule has 23 heavy (non-hydrogen) atoms. The molecule has 1 N–H and O–H groups in total. The number of anilines is 1. The maximum absolute atomic E-state index is 12.4. The Morgan fingerprint density at radius 2 is 1.96 bits per heavy atom. The van der Waals surface area contributed by atoms with Crippen molar-refractivity contribution in [3.05, 3.63) is 62.2 Å². The number of hydrogen-bond acceptors (Lipinski definition) is 4. The molecule has 0 fully saturated rings. The molecule has 7 heteroatoms. The second kappa shape index (κ2) is 6.66. The van der Waals surface area contributed by atoms with Gasteiger partial charge in [-0.25, -0.2) is 0 Å². The van der Waals surface area contributed by atoms with Crippen molar-refractivity contribution >= 4 is 28.9 Å². The molecular formula is C16H15ClN2O4. The topological polar surface area (TPSA) is 81.5 Å². The molecule has 2 rings (SSSR count). The van der Waals surface area contributed by atoms with E-state index in [1.807, 2.05) is 6.92 Å². The molecule has 0 heterocycles. The van der Waals surface area contributed by atoms with Crippen LogP contribution < -0.4 is 10.1 Å². The van der Waals surface area contributed by atoms with Gasteiger partial charge in [0.25, 0.3) is 11.6 Å². The zero-order chi connectivity index (χ0) is 17.1. The maximum atomic E-state index is 12.4. The van der Waals surface area contributed by atoms with Gasteiger partial charge in [-0.2, -0.15) is 0 Å². The molecule has 1 amide bonds. The van der Waals surface area contributed by atoms with Crippen LogP contribution in [0.1, 0.15) is 21.5 Å². The third-order valence-electron chi connectivity index (χ3n) is 3.56. The van der Waals surface area contributed by atoms with E-state index < -0.39 is 10.8 Å². The summed E-state index contributed by atoms with van der Waals surface area (Å²) in [4.78, 5) is 23.0. The van der Waals surface area contributed by atoms with E-state index in [0.29, 0.717) is 11.3 Å². The zero-order valence-electron chi connectivity index (χ0n) is 12.8. The number of benzene rings is 2. The minimum atomic E-state index is -0.525. The number of nitrogens with one attached hydrogen (secondary N) is 1. The lowest BCUT2D eigenvalue weighted by Gasteiger charge is -2.12. The largest absolute Gasteiger partial charge is 0.495 e. The van der Waals surface area contributed by atoms with Crippen LogP contribution >= 0.6 is 11.6 Å². The number of nitro groups is 1. The number of hydrogen-bond donors (Lipinski definition) is 1. The Labute approximate surface area is 138 Å². The number of halogens is 1. The van der Waals surface area contributed by atoms with Crippen LogP contribution in [0.15, 0.2) is 30.3 Å². The van der Waals surface area contributed by atoms with Crippen LogP contribution in [0.3, 0.4) is 0 Å². The molecule has 0 aliphatic carbocycles. The van der Waals surface area contributed by atoms with Gasteiger partial charge in [0, 0.05) is 11.6 Å². The lowest BCUT2D eigenvalue weighted by atomic mass is 10.1. The number of nitro benzene ring substituents is 1. The van der Waals surface area contributed by atoms with E-state index in [1.54, 1.807) is 19.1 Å². The van der Waals surface area contributed by atoms with Gasteiger partial charge >= 0.3 is 0 Å². The molecule has 0 saturated heterocycles. The summed E-state index contributed by atoms with van der Waals surface area (Å²) in [5.41, 5.74) is 1.81. The molecular weight excluding hydrogens is 320 g/mol. The molecule has 2 aromatic carbocycles. The van der Waals surface area contributed by atoms with Crippen LogP contribution in [0, 0.1) is 24.0 Å². The Kier molecular flexibility index (Phi) is 4.86. The first-order chi connectivity index (χ1) is 10.8. The van der Waals surface area contributed by atoms with E-state index in [1.165, 1.54) is 25.3 Å². The Balaban J connectivity index is 2.39. The van der Waals surface area contributed by atoms with Gasteiger partial charge < -0.3 is 10.1 Å². The third-order valence-corrected chi connectivity index (χ3v) is 3.86. The molecule has 0 bridgehead atoms.